The lowest BCUT2D eigenvalue weighted by Crippen LogP contribution is -2.36. The molecule has 0 aliphatic carbocycles. The fourth-order valence-corrected chi connectivity index (χ4v) is 1.73. The number of rotatable bonds is 4. The molecule has 3 N–H and O–H groups in total. The predicted octanol–water partition coefficient (Wildman–Crippen LogP) is 2.04. The van der Waals surface area contributed by atoms with Crippen molar-refractivity contribution in [1.82, 2.24) is 0 Å². The van der Waals surface area contributed by atoms with Crippen molar-refractivity contribution in [3.8, 4) is 0 Å². The van der Waals surface area contributed by atoms with Gasteiger partial charge in [0.25, 0.3) is 5.91 Å². The number of amides is 1. The molecular weight excluding hydrogens is 270 g/mol. The molecule has 1 atom stereocenters. The Hall–Kier alpha value is -0.880. The molecule has 17 heavy (non-hydrogen) atoms. The van der Waals surface area contributed by atoms with Gasteiger partial charge < -0.3 is 15.8 Å². The lowest BCUT2D eigenvalue weighted by atomic mass is 10.2. The van der Waals surface area contributed by atoms with Crippen LogP contribution in [0.15, 0.2) is 12.1 Å². The maximum absolute atomic E-state index is 12.9. The van der Waals surface area contributed by atoms with Crippen LogP contribution in [-0.4, -0.2) is 25.7 Å². The zero-order valence-corrected chi connectivity index (χ0v) is 10.5. The largest absolute Gasteiger partial charge is 0.370 e. The Labute approximate surface area is 108 Å². The smallest absolute Gasteiger partial charge is 0.254 e. The first-order chi connectivity index (χ1) is 7.99. The molecule has 0 heterocycles. The van der Waals surface area contributed by atoms with Gasteiger partial charge in [-0.15, -0.1) is 0 Å². The van der Waals surface area contributed by atoms with E-state index >= 15 is 0 Å². The Bertz CT molecular complexity index is 402. The van der Waals surface area contributed by atoms with Gasteiger partial charge in [0.2, 0.25) is 0 Å². The minimum Gasteiger partial charge on any atom is -0.370 e. The fraction of sp³-hybridized carbons (Fsp3) is 0.300. The molecule has 0 saturated heterocycles. The molecule has 0 saturated carbocycles. The Morgan fingerprint density at radius 3 is 2.47 bits per heavy atom. The van der Waals surface area contributed by atoms with Gasteiger partial charge in [-0.1, -0.05) is 23.2 Å². The highest BCUT2D eigenvalue weighted by atomic mass is 35.5. The van der Waals surface area contributed by atoms with Gasteiger partial charge >= 0.3 is 0 Å². The molecule has 0 aliphatic heterocycles. The summed E-state index contributed by atoms with van der Waals surface area (Å²) >= 11 is 11.5. The summed E-state index contributed by atoms with van der Waals surface area (Å²) in [7, 11) is 1.35. The van der Waals surface area contributed by atoms with Crippen LogP contribution < -0.4 is 11.1 Å². The molecule has 94 valence electrons. The molecule has 1 rings (SSSR count). The minimum atomic E-state index is -0.813. The highest BCUT2D eigenvalue weighted by Gasteiger charge is 2.18. The van der Waals surface area contributed by atoms with E-state index in [1.165, 1.54) is 7.11 Å². The Morgan fingerprint density at radius 2 is 2.06 bits per heavy atom. The van der Waals surface area contributed by atoms with Crippen molar-refractivity contribution in [2.75, 3.05) is 19.0 Å². The quantitative estimate of drug-likeness (QED) is 0.887. The van der Waals surface area contributed by atoms with E-state index in [-0.39, 0.29) is 22.3 Å². The first-order valence-corrected chi connectivity index (χ1v) is 5.43. The molecule has 1 unspecified atom stereocenters. The second-order valence-corrected chi connectivity index (χ2v) is 4.01. The second-order valence-electron chi connectivity index (χ2n) is 3.19. The molecule has 0 bridgehead atoms. The summed E-state index contributed by atoms with van der Waals surface area (Å²) in [6.07, 6.45) is -0.813. The second kappa shape index (κ2) is 6.16. The van der Waals surface area contributed by atoms with Crippen LogP contribution in [0.25, 0.3) is 0 Å². The summed E-state index contributed by atoms with van der Waals surface area (Å²) in [5.74, 6) is -1.08. The van der Waals surface area contributed by atoms with E-state index in [0.717, 1.165) is 12.1 Å². The zero-order valence-electron chi connectivity index (χ0n) is 8.97. The summed E-state index contributed by atoms with van der Waals surface area (Å²) in [6.45, 7) is 0.0127. The summed E-state index contributed by atoms with van der Waals surface area (Å²) in [6, 6.07) is 2.10. The van der Waals surface area contributed by atoms with Gasteiger partial charge in [0.1, 0.15) is 11.9 Å². The number of nitrogens with one attached hydrogen (secondary N) is 1. The highest BCUT2D eigenvalue weighted by molar-refractivity contribution is 6.39. The average molecular weight is 281 g/mol. The molecule has 0 aliphatic rings. The standard InChI is InChI=1S/C10H11Cl2FN2O2/c1-17-8(4-14)10(16)15-9-6(11)2-5(13)3-7(9)12/h2-3,8H,4,14H2,1H3,(H,15,16). The van der Waals surface area contributed by atoms with Crippen molar-refractivity contribution in [3.63, 3.8) is 0 Å². The Morgan fingerprint density at radius 1 is 1.53 bits per heavy atom. The number of carbonyl (C=O) groups excluding carboxylic acids is 1. The van der Waals surface area contributed by atoms with Crippen LogP contribution in [0.4, 0.5) is 10.1 Å². The molecule has 1 aromatic carbocycles. The number of hydrogen-bond donors (Lipinski definition) is 2. The molecule has 0 radical (unpaired) electrons. The van der Waals surface area contributed by atoms with Crippen LogP contribution in [0.1, 0.15) is 0 Å². The predicted molar refractivity (Wildman–Crippen MR) is 64.9 cm³/mol. The monoisotopic (exact) mass is 280 g/mol. The van der Waals surface area contributed by atoms with Gasteiger partial charge in [-0.25, -0.2) is 4.39 Å². The number of ether oxygens (including phenoxy) is 1. The normalized spacial score (nSPS) is 12.3. The first-order valence-electron chi connectivity index (χ1n) is 4.67. The van der Waals surface area contributed by atoms with Crippen LogP contribution in [0.3, 0.4) is 0 Å². The molecule has 0 aromatic heterocycles. The number of halogens is 3. The number of benzene rings is 1. The van der Waals surface area contributed by atoms with Gasteiger partial charge in [-0.2, -0.15) is 0 Å². The number of carbonyl (C=O) groups is 1. The fourth-order valence-electron chi connectivity index (χ4n) is 1.18. The van der Waals surface area contributed by atoms with Crippen molar-refractivity contribution in [1.29, 1.82) is 0 Å². The lowest BCUT2D eigenvalue weighted by Gasteiger charge is -2.14. The van der Waals surface area contributed by atoms with Gasteiger partial charge in [0.15, 0.2) is 0 Å². The summed E-state index contributed by atoms with van der Waals surface area (Å²) < 4.78 is 17.8. The van der Waals surface area contributed by atoms with Crippen molar-refractivity contribution in [2.24, 2.45) is 5.73 Å². The number of hydrogen-bond acceptors (Lipinski definition) is 3. The molecule has 0 spiro atoms. The van der Waals surface area contributed by atoms with Crippen LogP contribution in [0, 0.1) is 5.82 Å². The van der Waals surface area contributed by atoms with Crippen molar-refractivity contribution in [2.45, 2.75) is 6.10 Å². The third kappa shape index (κ3) is 3.54. The van der Waals surface area contributed by atoms with Gasteiger partial charge in [-0.3, -0.25) is 4.79 Å². The molecule has 4 nitrogen and oxygen atoms in total. The van der Waals surface area contributed by atoms with Gasteiger partial charge in [0.05, 0.1) is 15.7 Å². The highest BCUT2D eigenvalue weighted by Crippen LogP contribution is 2.31. The topological polar surface area (TPSA) is 64.3 Å². The minimum absolute atomic E-state index is 0.00947. The van der Waals surface area contributed by atoms with E-state index in [1.54, 1.807) is 0 Å². The van der Waals surface area contributed by atoms with E-state index < -0.39 is 17.8 Å². The zero-order chi connectivity index (χ0) is 13.0. The number of methoxy groups -OCH3 is 1. The third-order valence-corrected chi connectivity index (χ3v) is 2.64. The Balaban J connectivity index is 2.92. The van der Waals surface area contributed by atoms with E-state index in [2.05, 4.69) is 5.32 Å². The van der Waals surface area contributed by atoms with Crippen molar-refractivity contribution in [3.05, 3.63) is 28.0 Å². The molecule has 7 heteroatoms. The number of nitrogens with two attached hydrogens (primary N) is 1. The number of anilines is 1. The maximum atomic E-state index is 12.9. The average Bonchev–Trinajstić information content (AvgIpc) is 2.25. The van der Waals surface area contributed by atoms with E-state index in [1.807, 2.05) is 0 Å². The summed E-state index contributed by atoms with van der Waals surface area (Å²) in [4.78, 5) is 11.6. The van der Waals surface area contributed by atoms with Crippen molar-refractivity contribution >= 4 is 34.8 Å². The lowest BCUT2D eigenvalue weighted by molar-refractivity contribution is -0.125. The van der Waals surface area contributed by atoms with E-state index in [9.17, 15) is 9.18 Å². The van der Waals surface area contributed by atoms with Crippen LogP contribution in [0.2, 0.25) is 10.0 Å². The van der Waals surface area contributed by atoms with Crippen LogP contribution >= 0.6 is 23.2 Å². The van der Waals surface area contributed by atoms with Crippen LogP contribution in [0.5, 0.6) is 0 Å². The van der Waals surface area contributed by atoms with E-state index in [4.69, 9.17) is 33.7 Å². The van der Waals surface area contributed by atoms with E-state index in [0.29, 0.717) is 0 Å². The Kier molecular flexibility index (Phi) is 5.14. The molecule has 0 fully saturated rings. The van der Waals surface area contributed by atoms with Gasteiger partial charge in [0, 0.05) is 13.7 Å². The molecule has 1 aromatic rings. The summed E-state index contributed by atoms with van der Waals surface area (Å²) in [5.41, 5.74) is 5.46. The maximum Gasteiger partial charge on any atom is 0.254 e. The van der Waals surface area contributed by atoms with Crippen molar-refractivity contribution < 1.29 is 13.9 Å². The molecular formula is C10H11Cl2FN2O2. The third-order valence-electron chi connectivity index (χ3n) is 2.05. The summed E-state index contributed by atoms with van der Waals surface area (Å²) in [5, 5.41) is 2.45. The SMILES string of the molecule is COC(CN)C(=O)Nc1c(Cl)cc(F)cc1Cl. The van der Waals surface area contributed by atoms with Crippen LogP contribution in [-0.2, 0) is 9.53 Å². The first kappa shape index (κ1) is 14.2. The molecule has 1 amide bonds. The van der Waals surface area contributed by atoms with Gasteiger partial charge in [-0.05, 0) is 12.1 Å².